The van der Waals surface area contributed by atoms with Crippen LogP contribution in [0.15, 0.2) is 28.7 Å². The van der Waals surface area contributed by atoms with Gasteiger partial charge in [0.25, 0.3) is 0 Å². The summed E-state index contributed by atoms with van der Waals surface area (Å²) in [6.07, 6.45) is 1.67. The molecule has 0 saturated heterocycles. The normalized spacial score (nSPS) is 11.2. The molecule has 1 aromatic heterocycles. The summed E-state index contributed by atoms with van der Waals surface area (Å²) in [5.74, 6) is -0.609. The van der Waals surface area contributed by atoms with E-state index >= 15 is 0 Å². The largest absolute Gasteiger partial charge is 0.466 e. The number of hydrogen-bond donors (Lipinski definition) is 1. The van der Waals surface area contributed by atoms with E-state index in [0.29, 0.717) is 29.5 Å². The fourth-order valence-corrected chi connectivity index (χ4v) is 2.83. The van der Waals surface area contributed by atoms with Crippen molar-refractivity contribution in [3.05, 3.63) is 46.2 Å². The number of ether oxygens (including phenoxy) is 1. The molecule has 0 aliphatic carbocycles. The third kappa shape index (κ3) is 6.60. The molecule has 2 rings (SSSR count). The molecule has 6 nitrogen and oxygen atoms in total. The average Bonchev–Trinajstić information content (AvgIpc) is 2.93. The molecule has 0 bridgehead atoms. The number of aromatic nitrogens is 1. The first-order valence-corrected chi connectivity index (χ1v) is 8.67. The fourth-order valence-electron chi connectivity index (χ4n) is 2.17. The van der Waals surface area contributed by atoms with E-state index in [1.165, 1.54) is 29.7 Å². The molecule has 0 aliphatic heterocycles. The molecular formula is C17H21FN4O2S. The number of anilines is 1. The van der Waals surface area contributed by atoms with Crippen molar-refractivity contribution in [3.8, 4) is 0 Å². The Morgan fingerprint density at radius 3 is 2.96 bits per heavy atom. The highest BCUT2D eigenvalue weighted by molar-refractivity contribution is 7.13. The van der Waals surface area contributed by atoms with Crippen LogP contribution < -0.4 is 5.43 Å². The van der Waals surface area contributed by atoms with Gasteiger partial charge in [-0.2, -0.15) is 5.10 Å². The minimum Gasteiger partial charge on any atom is -0.466 e. The molecule has 8 heteroatoms. The number of esters is 1. The molecule has 0 aliphatic rings. The molecule has 0 spiro atoms. The van der Waals surface area contributed by atoms with Crippen LogP contribution in [0.25, 0.3) is 0 Å². The Kier molecular flexibility index (Phi) is 7.03. The van der Waals surface area contributed by atoms with Gasteiger partial charge in [0, 0.05) is 11.9 Å². The summed E-state index contributed by atoms with van der Waals surface area (Å²) in [6.45, 7) is 2.76. The van der Waals surface area contributed by atoms with E-state index in [9.17, 15) is 9.18 Å². The van der Waals surface area contributed by atoms with E-state index < -0.39 is 0 Å². The second kappa shape index (κ2) is 9.24. The van der Waals surface area contributed by atoms with Gasteiger partial charge in [0.05, 0.1) is 24.9 Å². The van der Waals surface area contributed by atoms with Crippen LogP contribution in [0, 0.1) is 5.82 Å². The van der Waals surface area contributed by atoms with E-state index in [4.69, 9.17) is 4.74 Å². The van der Waals surface area contributed by atoms with Gasteiger partial charge >= 0.3 is 5.97 Å². The number of nitrogens with one attached hydrogen (secondary N) is 1. The first-order valence-electron chi connectivity index (χ1n) is 7.79. The highest BCUT2D eigenvalue weighted by atomic mass is 32.1. The van der Waals surface area contributed by atoms with Gasteiger partial charge in [0.1, 0.15) is 5.82 Å². The zero-order chi connectivity index (χ0) is 18.2. The number of carbonyl (C=O) groups is 1. The zero-order valence-electron chi connectivity index (χ0n) is 14.5. The van der Waals surface area contributed by atoms with Crippen molar-refractivity contribution in [2.24, 2.45) is 5.10 Å². The van der Waals surface area contributed by atoms with Crippen LogP contribution in [0.2, 0.25) is 0 Å². The molecule has 0 radical (unpaired) electrons. The van der Waals surface area contributed by atoms with Gasteiger partial charge in [-0.05, 0) is 50.3 Å². The quantitative estimate of drug-likeness (QED) is 0.443. The van der Waals surface area contributed by atoms with Gasteiger partial charge < -0.3 is 9.64 Å². The predicted octanol–water partition coefficient (Wildman–Crippen LogP) is 2.90. The first-order chi connectivity index (χ1) is 12.0. The Balaban J connectivity index is 1.96. The SMILES string of the molecule is CCOC(=O)Cc1csc(NN=Cc2cc(F)cc(CN(C)C)c2)n1. The summed E-state index contributed by atoms with van der Waals surface area (Å²) in [7, 11) is 3.85. The second-order valence-corrected chi connectivity index (χ2v) is 6.48. The summed E-state index contributed by atoms with van der Waals surface area (Å²) < 4.78 is 18.5. The Morgan fingerprint density at radius 2 is 2.24 bits per heavy atom. The lowest BCUT2D eigenvalue weighted by atomic mass is 10.1. The maximum absolute atomic E-state index is 13.7. The van der Waals surface area contributed by atoms with E-state index in [0.717, 1.165) is 5.56 Å². The number of thiazole rings is 1. The molecule has 2 aromatic rings. The van der Waals surface area contributed by atoms with Gasteiger partial charge in [-0.1, -0.05) is 0 Å². The van der Waals surface area contributed by atoms with Crippen LogP contribution in [0.3, 0.4) is 0 Å². The molecule has 0 amide bonds. The van der Waals surface area contributed by atoms with E-state index in [-0.39, 0.29) is 18.2 Å². The maximum atomic E-state index is 13.7. The summed E-state index contributed by atoms with van der Waals surface area (Å²) in [5, 5.41) is 6.40. The summed E-state index contributed by atoms with van der Waals surface area (Å²) in [6, 6.07) is 4.80. The van der Waals surface area contributed by atoms with E-state index in [1.807, 2.05) is 25.1 Å². The lowest BCUT2D eigenvalue weighted by molar-refractivity contribution is -0.142. The molecule has 25 heavy (non-hydrogen) atoms. The van der Waals surface area contributed by atoms with E-state index in [1.54, 1.807) is 12.3 Å². The van der Waals surface area contributed by atoms with Gasteiger partial charge in [0.15, 0.2) is 0 Å². The third-order valence-electron chi connectivity index (χ3n) is 3.04. The summed E-state index contributed by atoms with van der Waals surface area (Å²) in [4.78, 5) is 17.6. The number of hydrogen-bond acceptors (Lipinski definition) is 7. The molecule has 1 aromatic carbocycles. The van der Waals surface area contributed by atoms with Gasteiger partial charge in [-0.3, -0.25) is 10.2 Å². The predicted molar refractivity (Wildman–Crippen MR) is 97.5 cm³/mol. The molecule has 134 valence electrons. The number of halogens is 1. The molecule has 1 N–H and O–H groups in total. The number of benzene rings is 1. The average molecular weight is 364 g/mol. The summed E-state index contributed by atoms with van der Waals surface area (Å²) in [5.41, 5.74) is 4.95. The Hall–Kier alpha value is -2.32. The van der Waals surface area contributed by atoms with Gasteiger partial charge in [-0.15, -0.1) is 11.3 Å². The van der Waals surface area contributed by atoms with Crippen molar-refractivity contribution in [1.29, 1.82) is 0 Å². The zero-order valence-corrected chi connectivity index (χ0v) is 15.3. The molecule has 1 heterocycles. The number of nitrogens with zero attached hydrogens (tertiary/aromatic N) is 3. The Morgan fingerprint density at radius 1 is 1.44 bits per heavy atom. The van der Waals surface area contributed by atoms with Crippen molar-refractivity contribution in [2.75, 3.05) is 26.1 Å². The van der Waals surface area contributed by atoms with Crippen molar-refractivity contribution in [3.63, 3.8) is 0 Å². The number of rotatable bonds is 8. The van der Waals surface area contributed by atoms with Crippen molar-refractivity contribution < 1.29 is 13.9 Å². The molecule has 0 atom stereocenters. The second-order valence-electron chi connectivity index (χ2n) is 5.63. The lowest BCUT2D eigenvalue weighted by Gasteiger charge is -2.10. The molecule has 0 fully saturated rings. The van der Waals surface area contributed by atoms with Crippen molar-refractivity contribution in [2.45, 2.75) is 19.9 Å². The topological polar surface area (TPSA) is 66.8 Å². The first kappa shape index (κ1) is 19.0. The minimum atomic E-state index is -0.309. The fraction of sp³-hybridized carbons (Fsp3) is 0.353. The van der Waals surface area contributed by atoms with Gasteiger partial charge in [0.2, 0.25) is 5.13 Å². The van der Waals surface area contributed by atoms with E-state index in [2.05, 4.69) is 15.5 Å². The Labute approximate surface area is 150 Å². The van der Waals surface area contributed by atoms with Crippen molar-refractivity contribution >= 4 is 28.7 Å². The van der Waals surface area contributed by atoms with Gasteiger partial charge in [-0.25, -0.2) is 9.37 Å². The third-order valence-corrected chi connectivity index (χ3v) is 3.83. The molecule has 0 unspecified atom stereocenters. The number of carbonyl (C=O) groups excluding carboxylic acids is 1. The van der Waals surface area contributed by atoms with Crippen LogP contribution in [-0.4, -0.2) is 42.8 Å². The molecular weight excluding hydrogens is 343 g/mol. The van der Waals surface area contributed by atoms with Crippen LogP contribution in [0.1, 0.15) is 23.7 Å². The van der Waals surface area contributed by atoms with Crippen LogP contribution >= 0.6 is 11.3 Å². The van der Waals surface area contributed by atoms with Crippen LogP contribution in [-0.2, 0) is 22.5 Å². The maximum Gasteiger partial charge on any atom is 0.311 e. The van der Waals surface area contributed by atoms with Crippen LogP contribution in [0.5, 0.6) is 0 Å². The van der Waals surface area contributed by atoms with Crippen LogP contribution in [0.4, 0.5) is 9.52 Å². The molecule has 0 saturated carbocycles. The monoisotopic (exact) mass is 364 g/mol. The highest BCUT2D eigenvalue weighted by Crippen LogP contribution is 2.16. The minimum absolute atomic E-state index is 0.132. The lowest BCUT2D eigenvalue weighted by Crippen LogP contribution is -2.11. The standard InChI is InChI=1S/C17H21FN4O2S/c1-4-24-16(23)8-15-11-25-17(20-15)21-19-9-12-5-13(10-22(2)3)7-14(18)6-12/h5-7,9,11H,4,8,10H2,1-3H3,(H,20,21). The van der Waals surface area contributed by atoms with Crippen molar-refractivity contribution in [1.82, 2.24) is 9.88 Å². The smallest absolute Gasteiger partial charge is 0.311 e. The highest BCUT2D eigenvalue weighted by Gasteiger charge is 2.08. The summed E-state index contributed by atoms with van der Waals surface area (Å²) >= 11 is 1.33. The Bertz CT molecular complexity index is 746. The number of hydrazone groups is 1.